The molecule has 1 saturated carbocycles. The fourth-order valence-electron chi connectivity index (χ4n) is 9.29. The molecular formula is C51H37N3O. The first-order valence-electron chi connectivity index (χ1n) is 19.4. The van der Waals surface area contributed by atoms with E-state index in [2.05, 4.69) is 103 Å². The third kappa shape index (κ3) is 5.24. The van der Waals surface area contributed by atoms with Crippen molar-refractivity contribution < 1.29 is 4.42 Å². The lowest BCUT2D eigenvalue weighted by atomic mass is 9.68. The van der Waals surface area contributed by atoms with Crippen LogP contribution in [0.1, 0.15) is 43.2 Å². The van der Waals surface area contributed by atoms with Gasteiger partial charge in [-0.25, -0.2) is 15.0 Å². The monoisotopic (exact) mass is 707 g/mol. The van der Waals surface area contributed by atoms with Crippen molar-refractivity contribution in [2.24, 2.45) is 0 Å². The van der Waals surface area contributed by atoms with Gasteiger partial charge in [-0.15, -0.1) is 0 Å². The van der Waals surface area contributed by atoms with Crippen LogP contribution in [0.5, 0.6) is 0 Å². The summed E-state index contributed by atoms with van der Waals surface area (Å²) in [7, 11) is 0. The molecule has 0 amide bonds. The van der Waals surface area contributed by atoms with E-state index in [1.54, 1.807) is 0 Å². The van der Waals surface area contributed by atoms with Gasteiger partial charge in [0.15, 0.2) is 17.5 Å². The fourth-order valence-corrected chi connectivity index (χ4v) is 9.29. The maximum absolute atomic E-state index is 6.40. The number of aromatic nitrogens is 3. The maximum atomic E-state index is 6.40. The van der Waals surface area contributed by atoms with Crippen molar-refractivity contribution in [3.8, 4) is 67.5 Å². The standard InChI is InChI=1S/C51H37N3O/c1-3-13-34(14-4-1)48-52-49(54-50(53-48)42-20-12-19-41-40-18-6-8-22-46(40)55-47(41)42)35-25-23-33(24-26-35)36-15-11-16-37(31-36)38-27-28-45-43(32-38)39-17-5-7-21-44(39)51(45)29-9-2-10-30-51/h1,3-8,11-28,31-32H,2,9-10,29-30H2. The van der Waals surface area contributed by atoms with Crippen LogP contribution < -0.4 is 0 Å². The molecule has 0 atom stereocenters. The van der Waals surface area contributed by atoms with Crippen molar-refractivity contribution in [3.63, 3.8) is 0 Å². The zero-order valence-electron chi connectivity index (χ0n) is 30.4. The molecule has 11 rings (SSSR count). The Morgan fingerprint density at radius 3 is 1.78 bits per heavy atom. The second-order valence-electron chi connectivity index (χ2n) is 15.1. The van der Waals surface area contributed by atoms with Crippen LogP contribution in [0.4, 0.5) is 0 Å². The van der Waals surface area contributed by atoms with Gasteiger partial charge >= 0.3 is 0 Å². The molecule has 1 spiro atoms. The van der Waals surface area contributed by atoms with Gasteiger partial charge in [0.1, 0.15) is 11.2 Å². The van der Waals surface area contributed by atoms with Crippen LogP contribution in [0.2, 0.25) is 0 Å². The number of rotatable bonds is 5. The molecule has 55 heavy (non-hydrogen) atoms. The van der Waals surface area contributed by atoms with Crippen molar-refractivity contribution in [1.82, 2.24) is 15.0 Å². The zero-order chi connectivity index (χ0) is 36.3. The van der Waals surface area contributed by atoms with E-state index in [1.807, 2.05) is 60.7 Å². The van der Waals surface area contributed by atoms with E-state index in [0.29, 0.717) is 17.5 Å². The van der Waals surface area contributed by atoms with Crippen LogP contribution in [0.15, 0.2) is 168 Å². The largest absolute Gasteiger partial charge is 0.455 e. The molecule has 0 unspecified atom stereocenters. The Labute approximate surface area is 320 Å². The molecule has 0 radical (unpaired) electrons. The Hall–Kier alpha value is -6.65. The topological polar surface area (TPSA) is 51.8 Å². The summed E-state index contributed by atoms with van der Waals surface area (Å²) in [5.41, 5.74) is 15.2. The highest BCUT2D eigenvalue weighted by atomic mass is 16.3. The average molecular weight is 708 g/mol. The first-order valence-corrected chi connectivity index (χ1v) is 19.4. The molecule has 2 heterocycles. The van der Waals surface area contributed by atoms with Gasteiger partial charge in [0.05, 0.1) is 5.56 Å². The second kappa shape index (κ2) is 12.7. The highest BCUT2D eigenvalue weighted by Crippen LogP contribution is 2.56. The summed E-state index contributed by atoms with van der Waals surface area (Å²) in [6.07, 6.45) is 6.45. The lowest BCUT2D eigenvalue weighted by Crippen LogP contribution is -2.27. The molecule has 2 aliphatic carbocycles. The van der Waals surface area contributed by atoms with Gasteiger partial charge in [-0.3, -0.25) is 0 Å². The van der Waals surface area contributed by atoms with E-state index in [4.69, 9.17) is 19.4 Å². The Bertz CT molecular complexity index is 2900. The highest BCUT2D eigenvalue weighted by Gasteiger charge is 2.43. The molecule has 0 bridgehead atoms. The molecule has 4 heteroatoms. The molecule has 0 N–H and O–H groups in total. The number of fused-ring (bicyclic) bond motifs is 8. The van der Waals surface area contributed by atoms with Gasteiger partial charge in [-0.1, -0.05) is 159 Å². The minimum absolute atomic E-state index is 0.175. The third-order valence-electron chi connectivity index (χ3n) is 12.0. The second-order valence-corrected chi connectivity index (χ2v) is 15.1. The average Bonchev–Trinajstić information content (AvgIpc) is 3.77. The third-order valence-corrected chi connectivity index (χ3v) is 12.0. The molecule has 9 aromatic rings. The SMILES string of the molecule is c1ccc(-c2nc(-c3ccc(-c4cccc(-c5ccc6c(c5)-c5ccccc5C65CCCCC5)c4)cc3)nc(-c3cccc4c3oc3ccccc34)n2)cc1. The van der Waals surface area contributed by atoms with E-state index >= 15 is 0 Å². The first kappa shape index (κ1) is 31.8. The molecular weight excluding hydrogens is 671 g/mol. The van der Waals surface area contributed by atoms with Crippen molar-refractivity contribution in [1.29, 1.82) is 0 Å². The summed E-state index contributed by atoms with van der Waals surface area (Å²) >= 11 is 0. The van der Waals surface area contributed by atoms with Crippen LogP contribution in [-0.4, -0.2) is 15.0 Å². The van der Waals surface area contributed by atoms with Gasteiger partial charge in [0.2, 0.25) is 0 Å². The molecule has 0 aliphatic heterocycles. The Morgan fingerprint density at radius 1 is 0.382 bits per heavy atom. The van der Waals surface area contributed by atoms with Gasteiger partial charge in [-0.2, -0.15) is 0 Å². The van der Waals surface area contributed by atoms with Crippen molar-refractivity contribution in [2.45, 2.75) is 37.5 Å². The van der Waals surface area contributed by atoms with Crippen molar-refractivity contribution in [3.05, 3.63) is 175 Å². The van der Waals surface area contributed by atoms with Gasteiger partial charge in [0, 0.05) is 27.3 Å². The lowest BCUT2D eigenvalue weighted by molar-refractivity contribution is 0.353. The predicted octanol–water partition coefficient (Wildman–Crippen LogP) is 13.3. The first-order chi connectivity index (χ1) is 27.2. The summed E-state index contributed by atoms with van der Waals surface area (Å²) in [6.45, 7) is 0. The number of nitrogens with zero attached hydrogens (tertiary/aromatic N) is 3. The molecule has 0 saturated heterocycles. The Morgan fingerprint density at radius 2 is 0.945 bits per heavy atom. The van der Waals surface area contributed by atoms with E-state index in [0.717, 1.165) is 44.2 Å². The summed E-state index contributed by atoms with van der Waals surface area (Å²) in [4.78, 5) is 15.1. The molecule has 262 valence electrons. The number of benzene rings is 7. The Kier molecular flexibility index (Phi) is 7.38. The van der Waals surface area contributed by atoms with E-state index < -0.39 is 0 Å². The van der Waals surface area contributed by atoms with E-state index in [9.17, 15) is 0 Å². The zero-order valence-corrected chi connectivity index (χ0v) is 30.4. The number of hydrogen-bond donors (Lipinski definition) is 0. The predicted molar refractivity (Wildman–Crippen MR) is 224 cm³/mol. The van der Waals surface area contributed by atoms with Crippen LogP contribution in [0.25, 0.3) is 89.5 Å². The van der Waals surface area contributed by atoms with Gasteiger partial charge < -0.3 is 4.42 Å². The van der Waals surface area contributed by atoms with Crippen molar-refractivity contribution in [2.75, 3.05) is 0 Å². The molecule has 7 aromatic carbocycles. The van der Waals surface area contributed by atoms with Crippen LogP contribution >= 0.6 is 0 Å². The molecule has 4 nitrogen and oxygen atoms in total. The van der Waals surface area contributed by atoms with E-state index in [-0.39, 0.29) is 5.41 Å². The van der Waals surface area contributed by atoms with E-state index in [1.165, 1.54) is 71.0 Å². The number of furan rings is 1. The maximum Gasteiger partial charge on any atom is 0.167 e. The van der Waals surface area contributed by atoms with Crippen LogP contribution in [-0.2, 0) is 5.41 Å². The van der Waals surface area contributed by atoms with Crippen molar-refractivity contribution >= 4 is 21.9 Å². The smallest absolute Gasteiger partial charge is 0.167 e. The summed E-state index contributed by atoms with van der Waals surface area (Å²) in [5.74, 6) is 1.82. The molecule has 1 fully saturated rings. The fraction of sp³-hybridized carbons (Fsp3) is 0.118. The number of hydrogen-bond acceptors (Lipinski definition) is 4. The quantitative estimate of drug-likeness (QED) is 0.179. The molecule has 2 aliphatic rings. The minimum Gasteiger partial charge on any atom is -0.455 e. The van der Waals surface area contributed by atoms with Gasteiger partial charge in [-0.05, 0) is 81.6 Å². The van der Waals surface area contributed by atoms with Crippen LogP contribution in [0.3, 0.4) is 0 Å². The minimum atomic E-state index is 0.175. The van der Waals surface area contributed by atoms with Gasteiger partial charge in [0.25, 0.3) is 0 Å². The number of para-hydroxylation sites is 2. The highest BCUT2D eigenvalue weighted by molar-refractivity contribution is 6.09. The molecule has 2 aromatic heterocycles. The summed E-state index contributed by atoms with van der Waals surface area (Å²) < 4.78 is 6.40. The lowest BCUT2D eigenvalue weighted by Gasteiger charge is -2.36. The summed E-state index contributed by atoms with van der Waals surface area (Å²) in [6, 6.07) is 58.2. The Balaban J connectivity index is 0.958. The van der Waals surface area contributed by atoms with Crippen LogP contribution in [0, 0.1) is 0 Å². The normalized spacial score (nSPS) is 14.3. The summed E-state index contributed by atoms with van der Waals surface area (Å²) in [5, 5.41) is 2.12.